The standard InChI is InChI=1S/C25H26N6O/c1-32-21-9-10-23-22(14-21)19(15-27-23)13-25-30-29-24(12-18-6-3-2-4-7-18)31(25)11-5-8-20-16-26-17-28-20/h2-4,6-7,9-10,14-17,27H,5,8,11-13H2,1H3,(H,26,28). The normalized spacial score (nSPS) is 11.3. The monoisotopic (exact) mass is 426 g/mol. The van der Waals surface area contributed by atoms with Crippen molar-refractivity contribution in [1.29, 1.82) is 0 Å². The molecule has 7 heteroatoms. The van der Waals surface area contributed by atoms with Crippen molar-refractivity contribution in [1.82, 2.24) is 29.7 Å². The van der Waals surface area contributed by atoms with Crippen LogP contribution in [0, 0.1) is 0 Å². The first kappa shape index (κ1) is 20.1. The first-order valence-corrected chi connectivity index (χ1v) is 10.9. The molecule has 32 heavy (non-hydrogen) atoms. The van der Waals surface area contributed by atoms with E-state index >= 15 is 0 Å². The average Bonchev–Trinajstić information content (AvgIpc) is 3.57. The molecule has 0 saturated heterocycles. The fourth-order valence-corrected chi connectivity index (χ4v) is 4.12. The average molecular weight is 427 g/mol. The van der Waals surface area contributed by atoms with Gasteiger partial charge in [-0.05, 0) is 42.2 Å². The zero-order valence-electron chi connectivity index (χ0n) is 18.1. The number of nitrogens with zero attached hydrogens (tertiary/aromatic N) is 4. The Kier molecular flexibility index (Phi) is 5.70. The predicted octanol–water partition coefficient (Wildman–Crippen LogP) is 4.31. The molecule has 0 atom stereocenters. The van der Waals surface area contributed by atoms with Crippen LogP contribution in [-0.4, -0.2) is 36.8 Å². The van der Waals surface area contributed by atoms with E-state index in [0.29, 0.717) is 6.42 Å². The van der Waals surface area contributed by atoms with E-state index < -0.39 is 0 Å². The highest BCUT2D eigenvalue weighted by molar-refractivity contribution is 5.84. The van der Waals surface area contributed by atoms with Crippen molar-refractivity contribution in [2.24, 2.45) is 0 Å². The quantitative estimate of drug-likeness (QED) is 0.368. The van der Waals surface area contributed by atoms with E-state index in [0.717, 1.165) is 59.8 Å². The van der Waals surface area contributed by atoms with Crippen LogP contribution in [0.1, 0.15) is 34.9 Å². The maximum Gasteiger partial charge on any atom is 0.137 e. The molecule has 3 heterocycles. The molecule has 0 fully saturated rings. The van der Waals surface area contributed by atoms with Crippen molar-refractivity contribution in [3.05, 3.63) is 95.7 Å². The zero-order chi connectivity index (χ0) is 21.8. The third kappa shape index (κ3) is 4.27. The van der Waals surface area contributed by atoms with Crippen molar-refractivity contribution in [3.8, 4) is 5.75 Å². The third-order valence-corrected chi connectivity index (χ3v) is 5.81. The molecule has 3 aromatic heterocycles. The second kappa shape index (κ2) is 9.09. The van der Waals surface area contributed by atoms with Crippen molar-refractivity contribution in [2.45, 2.75) is 32.2 Å². The van der Waals surface area contributed by atoms with Crippen LogP contribution in [0.4, 0.5) is 0 Å². The zero-order valence-corrected chi connectivity index (χ0v) is 18.1. The van der Waals surface area contributed by atoms with Crippen molar-refractivity contribution in [2.75, 3.05) is 7.11 Å². The summed E-state index contributed by atoms with van der Waals surface area (Å²) in [6.45, 7) is 0.856. The second-order valence-electron chi connectivity index (χ2n) is 7.93. The molecule has 0 radical (unpaired) electrons. The minimum Gasteiger partial charge on any atom is -0.497 e. The van der Waals surface area contributed by atoms with E-state index in [4.69, 9.17) is 4.74 Å². The molecule has 0 bridgehead atoms. The molecule has 0 spiro atoms. The van der Waals surface area contributed by atoms with Gasteiger partial charge < -0.3 is 19.3 Å². The number of ether oxygens (including phenoxy) is 1. The van der Waals surface area contributed by atoms with Gasteiger partial charge in [0.1, 0.15) is 17.4 Å². The number of aromatic amines is 2. The van der Waals surface area contributed by atoms with Gasteiger partial charge >= 0.3 is 0 Å². The lowest BCUT2D eigenvalue weighted by molar-refractivity contribution is 0.415. The molecule has 0 aliphatic heterocycles. The Labute approximate surface area is 186 Å². The van der Waals surface area contributed by atoms with Crippen LogP contribution >= 0.6 is 0 Å². The topological polar surface area (TPSA) is 84.4 Å². The molecule has 0 aliphatic rings. The summed E-state index contributed by atoms with van der Waals surface area (Å²) in [6, 6.07) is 16.5. The Balaban J connectivity index is 1.43. The van der Waals surface area contributed by atoms with Gasteiger partial charge in [-0.1, -0.05) is 30.3 Å². The molecular weight excluding hydrogens is 400 g/mol. The fraction of sp³-hybridized carbons (Fsp3) is 0.240. The summed E-state index contributed by atoms with van der Waals surface area (Å²) in [5.41, 5.74) is 4.66. The number of methoxy groups -OCH3 is 1. The van der Waals surface area contributed by atoms with Gasteiger partial charge in [-0.25, -0.2) is 4.98 Å². The van der Waals surface area contributed by atoms with Gasteiger partial charge in [-0.2, -0.15) is 0 Å². The molecule has 0 aliphatic carbocycles. The van der Waals surface area contributed by atoms with Crippen molar-refractivity contribution in [3.63, 3.8) is 0 Å². The van der Waals surface area contributed by atoms with E-state index in [-0.39, 0.29) is 0 Å². The van der Waals surface area contributed by atoms with Crippen LogP contribution in [0.2, 0.25) is 0 Å². The van der Waals surface area contributed by atoms with Crippen molar-refractivity contribution < 1.29 is 4.74 Å². The highest BCUT2D eigenvalue weighted by Crippen LogP contribution is 2.25. The maximum absolute atomic E-state index is 5.42. The number of benzene rings is 2. The number of aryl methyl sites for hydroxylation is 1. The largest absolute Gasteiger partial charge is 0.497 e. The predicted molar refractivity (Wildman–Crippen MR) is 124 cm³/mol. The van der Waals surface area contributed by atoms with Crippen LogP contribution in [0.5, 0.6) is 5.75 Å². The van der Waals surface area contributed by atoms with Gasteiger partial charge in [-0.3, -0.25) is 0 Å². The number of fused-ring (bicyclic) bond motifs is 1. The van der Waals surface area contributed by atoms with Crippen LogP contribution in [-0.2, 0) is 25.8 Å². The minimum atomic E-state index is 0.707. The summed E-state index contributed by atoms with van der Waals surface area (Å²) in [4.78, 5) is 10.7. The van der Waals surface area contributed by atoms with Crippen LogP contribution in [0.25, 0.3) is 10.9 Å². The highest BCUT2D eigenvalue weighted by Gasteiger charge is 2.15. The fourth-order valence-electron chi connectivity index (χ4n) is 4.12. The van der Waals surface area contributed by atoms with Crippen LogP contribution < -0.4 is 4.74 Å². The summed E-state index contributed by atoms with van der Waals surface area (Å²) < 4.78 is 7.70. The lowest BCUT2D eigenvalue weighted by atomic mass is 10.1. The van der Waals surface area contributed by atoms with E-state index in [1.807, 2.05) is 24.4 Å². The lowest BCUT2D eigenvalue weighted by Crippen LogP contribution is -2.10. The molecule has 2 N–H and O–H groups in total. The van der Waals surface area contributed by atoms with Crippen molar-refractivity contribution >= 4 is 10.9 Å². The molecule has 0 unspecified atom stereocenters. The van der Waals surface area contributed by atoms with Gasteiger partial charge in [-0.15, -0.1) is 10.2 Å². The number of H-pyrrole nitrogens is 2. The number of nitrogens with one attached hydrogen (secondary N) is 2. The summed E-state index contributed by atoms with van der Waals surface area (Å²) in [5, 5.41) is 10.3. The summed E-state index contributed by atoms with van der Waals surface area (Å²) in [6.07, 6.45) is 9.07. The molecule has 162 valence electrons. The van der Waals surface area contributed by atoms with Gasteiger partial charge in [0.2, 0.25) is 0 Å². The molecule has 5 rings (SSSR count). The smallest absolute Gasteiger partial charge is 0.137 e. The van der Waals surface area contributed by atoms with Gasteiger partial charge in [0.15, 0.2) is 0 Å². The van der Waals surface area contributed by atoms with Gasteiger partial charge in [0.25, 0.3) is 0 Å². The number of aromatic nitrogens is 6. The number of hydrogen-bond acceptors (Lipinski definition) is 4. The molecule has 5 aromatic rings. The second-order valence-corrected chi connectivity index (χ2v) is 7.93. The molecular formula is C25H26N6O. The molecule has 2 aromatic carbocycles. The number of rotatable bonds is 9. The summed E-state index contributed by atoms with van der Waals surface area (Å²) in [5.74, 6) is 2.82. The van der Waals surface area contributed by atoms with Crippen LogP contribution in [0.3, 0.4) is 0 Å². The Morgan fingerprint density at radius 1 is 0.969 bits per heavy atom. The summed E-state index contributed by atoms with van der Waals surface area (Å²) >= 11 is 0. The van der Waals surface area contributed by atoms with Crippen LogP contribution in [0.15, 0.2) is 67.3 Å². The number of hydrogen-bond donors (Lipinski definition) is 2. The first-order valence-electron chi connectivity index (χ1n) is 10.9. The minimum absolute atomic E-state index is 0.707. The first-order chi connectivity index (χ1) is 15.8. The SMILES string of the molecule is COc1ccc2[nH]cc(Cc3nnc(Cc4ccccc4)n3CCCc3cnc[nH]3)c2c1. The Hall–Kier alpha value is -3.87. The van der Waals surface area contributed by atoms with E-state index in [9.17, 15) is 0 Å². The number of imidazole rings is 1. The van der Waals surface area contributed by atoms with Gasteiger partial charge in [0, 0.05) is 48.4 Å². The van der Waals surface area contributed by atoms with E-state index in [2.05, 4.69) is 66.2 Å². The van der Waals surface area contributed by atoms with Gasteiger partial charge in [0.05, 0.1) is 13.4 Å². The van der Waals surface area contributed by atoms with E-state index in [1.54, 1.807) is 13.4 Å². The lowest BCUT2D eigenvalue weighted by Gasteiger charge is -2.11. The molecule has 0 saturated carbocycles. The molecule has 7 nitrogen and oxygen atoms in total. The maximum atomic E-state index is 5.42. The Morgan fingerprint density at radius 2 is 1.81 bits per heavy atom. The highest BCUT2D eigenvalue weighted by atomic mass is 16.5. The third-order valence-electron chi connectivity index (χ3n) is 5.81. The molecule has 0 amide bonds. The van der Waals surface area contributed by atoms with E-state index in [1.165, 1.54) is 11.1 Å². The summed E-state index contributed by atoms with van der Waals surface area (Å²) in [7, 11) is 1.69. The Bertz CT molecular complexity index is 1290. The Morgan fingerprint density at radius 3 is 2.59 bits per heavy atom.